The van der Waals surface area contributed by atoms with E-state index in [2.05, 4.69) is 10.3 Å². The summed E-state index contributed by atoms with van der Waals surface area (Å²) in [4.78, 5) is 16.2. The third-order valence-corrected chi connectivity index (χ3v) is 4.14. The van der Waals surface area contributed by atoms with Gasteiger partial charge in [0.15, 0.2) is 0 Å². The normalized spacial score (nSPS) is 27.5. The van der Waals surface area contributed by atoms with Gasteiger partial charge in [0, 0.05) is 18.3 Å². The van der Waals surface area contributed by atoms with E-state index in [4.69, 9.17) is 0 Å². The Morgan fingerprint density at radius 2 is 1.91 bits per heavy atom. The second kappa shape index (κ2) is 6.25. The van der Waals surface area contributed by atoms with Crippen molar-refractivity contribution in [1.82, 2.24) is 10.3 Å². The number of rotatable bonds is 3. The molecule has 3 rings (SSSR count). The van der Waals surface area contributed by atoms with Gasteiger partial charge < -0.3 is 15.5 Å². The van der Waals surface area contributed by atoms with Crippen molar-refractivity contribution >= 4 is 5.91 Å². The van der Waals surface area contributed by atoms with Gasteiger partial charge in [0.25, 0.3) is 5.91 Å². The lowest BCUT2D eigenvalue weighted by Crippen LogP contribution is -2.45. The van der Waals surface area contributed by atoms with Crippen molar-refractivity contribution in [3.63, 3.8) is 0 Å². The van der Waals surface area contributed by atoms with E-state index >= 15 is 0 Å². The number of aliphatic hydroxyl groups excluding tert-OH is 2. The van der Waals surface area contributed by atoms with Crippen molar-refractivity contribution in [2.45, 2.75) is 30.6 Å². The van der Waals surface area contributed by atoms with E-state index in [9.17, 15) is 15.0 Å². The summed E-state index contributed by atoms with van der Waals surface area (Å²) in [6.45, 7) is 0. The minimum atomic E-state index is -0.981. The number of aromatic nitrogens is 1. The van der Waals surface area contributed by atoms with Gasteiger partial charge in [0.2, 0.25) is 0 Å². The third-order valence-electron chi connectivity index (χ3n) is 4.14. The predicted molar refractivity (Wildman–Crippen MR) is 81.3 cm³/mol. The second-order valence-corrected chi connectivity index (χ2v) is 5.55. The van der Waals surface area contributed by atoms with Crippen molar-refractivity contribution in [1.29, 1.82) is 0 Å². The number of hydrogen-bond acceptors (Lipinski definition) is 4. The highest BCUT2D eigenvalue weighted by Gasteiger charge is 2.43. The van der Waals surface area contributed by atoms with Crippen LogP contribution in [0.2, 0.25) is 0 Å². The third kappa shape index (κ3) is 2.86. The molecule has 3 N–H and O–H groups in total. The first kappa shape index (κ1) is 14.7. The van der Waals surface area contributed by atoms with Gasteiger partial charge in [-0.25, -0.2) is 0 Å². The van der Waals surface area contributed by atoms with Gasteiger partial charge in [-0.1, -0.05) is 30.3 Å². The lowest BCUT2D eigenvalue weighted by atomic mass is 9.93. The van der Waals surface area contributed by atoms with Gasteiger partial charge in [-0.05, 0) is 24.1 Å². The molecular weight excluding hydrogens is 280 g/mol. The number of hydrogen-bond donors (Lipinski definition) is 3. The molecule has 1 aliphatic carbocycles. The van der Waals surface area contributed by atoms with E-state index in [-0.39, 0.29) is 11.8 Å². The van der Waals surface area contributed by atoms with Gasteiger partial charge in [-0.15, -0.1) is 0 Å². The maximum atomic E-state index is 12.3. The number of aliphatic hydroxyl groups is 2. The molecule has 5 nitrogen and oxygen atoms in total. The molecule has 0 bridgehead atoms. The Bertz CT molecular complexity index is 633. The van der Waals surface area contributed by atoms with Crippen LogP contribution in [0.4, 0.5) is 0 Å². The van der Waals surface area contributed by atoms with Gasteiger partial charge in [-0.3, -0.25) is 9.78 Å². The van der Waals surface area contributed by atoms with Crippen LogP contribution in [0.1, 0.15) is 28.3 Å². The lowest BCUT2D eigenvalue weighted by Gasteiger charge is -2.23. The molecule has 4 atom stereocenters. The van der Waals surface area contributed by atoms with Crippen molar-refractivity contribution in [3.05, 3.63) is 66.0 Å². The molecule has 1 heterocycles. The molecule has 0 aliphatic heterocycles. The summed E-state index contributed by atoms with van der Waals surface area (Å²) in [5, 5.41) is 23.0. The largest absolute Gasteiger partial charge is 0.390 e. The van der Waals surface area contributed by atoms with Gasteiger partial charge in [0.05, 0.1) is 17.7 Å². The maximum Gasteiger partial charge on any atom is 0.253 e. The molecule has 0 unspecified atom stereocenters. The zero-order valence-corrected chi connectivity index (χ0v) is 12.0. The molecule has 0 spiro atoms. The quantitative estimate of drug-likeness (QED) is 0.792. The molecule has 1 fully saturated rings. The molecule has 0 radical (unpaired) electrons. The molecule has 114 valence electrons. The molecule has 1 amide bonds. The van der Waals surface area contributed by atoms with E-state index in [0.29, 0.717) is 12.0 Å². The first-order valence-corrected chi connectivity index (χ1v) is 7.29. The molecule has 1 saturated carbocycles. The SMILES string of the molecule is O=C(N[C@H]1[C@H](O)[C@H](O)C[C@@H]1c1ccccc1)c1cccnc1. The first-order valence-electron chi connectivity index (χ1n) is 7.29. The fourth-order valence-electron chi connectivity index (χ4n) is 2.98. The van der Waals surface area contributed by atoms with Crippen molar-refractivity contribution in [2.24, 2.45) is 0 Å². The Morgan fingerprint density at radius 1 is 1.14 bits per heavy atom. The number of nitrogens with one attached hydrogen (secondary N) is 1. The zero-order chi connectivity index (χ0) is 15.5. The number of carbonyl (C=O) groups is 1. The first-order chi connectivity index (χ1) is 10.7. The van der Waals surface area contributed by atoms with Crippen LogP contribution in [-0.4, -0.2) is 39.4 Å². The van der Waals surface area contributed by atoms with Crippen molar-refractivity contribution in [2.75, 3.05) is 0 Å². The van der Waals surface area contributed by atoms with Crippen LogP contribution in [0.3, 0.4) is 0 Å². The average molecular weight is 298 g/mol. The summed E-state index contributed by atoms with van der Waals surface area (Å²) in [6, 6.07) is 12.4. The summed E-state index contributed by atoms with van der Waals surface area (Å²) < 4.78 is 0. The summed E-state index contributed by atoms with van der Waals surface area (Å²) >= 11 is 0. The zero-order valence-electron chi connectivity index (χ0n) is 12.0. The maximum absolute atomic E-state index is 12.3. The van der Waals surface area contributed by atoms with Crippen molar-refractivity contribution < 1.29 is 15.0 Å². The molecule has 1 aromatic carbocycles. The van der Waals surface area contributed by atoms with E-state index in [1.54, 1.807) is 18.3 Å². The molecule has 1 aliphatic rings. The summed E-state index contributed by atoms with van der Waals surface area (Å²) in [5.74, 6) is -0.418. The average Bonchev–Trinajstić information content (AvgIpc) is 2.85. The van der Waals surface area contributed by atoms with Crippen LogP contribution < -0.4 is 5.32 Å². The Balaban J connectivity index is 1.82. The summed E-state index contributed by atoms with van der Waals surface area (Å²) in [5.41, 5.74) is 1.43. The fraction of sp³-hybridized carbons (Fsp3) is 0.294. The van der Waals surface area contributed by atoms with Crippen LogP contribution in [0, 0.1) is 0 Å². The van der Waals surface area contributed by atoms with Gasteiger partial charge in [-0.2, -0.15) is 0 Å². The molecule has 22 heavy (non-hydrogen) atoms. The number of carbonyl (C=O) groups excluding carboxylic acids is 1. The Morgan fingerprint density at radius 3 is 2.59 bits per heavy atom. The van der Waals surface area contributed by atoms with Crippen molar-refractivity contribution in [3.8, 4) is 0 Å². The monoisotopic (exact) mass is 298 g/mol. The lowest BCUT2D eigenvalue weighted by molar-refractivity contribution is 0.0294. The smallest absolute Gasteiger partial charge is 0.253 e. The van der Waals surface area contributed by atoms with Crippen LogP contribution in [0.15, 0.2) is 54.9 Å². The van der Waals surface area contributed by atoms with Crippen LogP contribution in [0.25, 0.3) is 0 Å². The number of nitrogens with zero attached hydrogens (tertiary/aromatic N) is 1. The van der Waals surface area contributed by atoms with E-state index in [0.717, 1.165) is 5.56 Å². The van der Waals surface area contributed by atoms with Gasteiger partial charge in [0.1, 0.15) is 6.10 Å². The van der Waals surface area contributed by atoms with Crippen LogP contribution in [-0.2, 0) is 0 Å². The molecular formula is C17H18N2O3. The molecule has 2 aromatic rings. The van der Waals surface area contributed by atoms with Gasteiger partial charge >= 0.3 is 0 Å². The van der Waals surface area contributed by atoms with Crippen LogP contribution >= 0.6 is 0 Å². The highest BCUT2D eigenvalue weighted by molar-refractivity contribution is 5.94. The fourth-order valence-corrected chi connectivity index (χ4v) is 2.98. The van der Waals surface area contributed by atoms with E-state index in [1.807, 2.05) is 30.3 Å². The predicted octanol–water partition coefficient (Wildman–Crippen LogP) is 1.09. The standard InChI is InChI=1S/C17H18N2O3/c20-14-9-13(11-5-2-1-3-6-11)15(16(14)21)19-17(22)12-7-4-8-18-10-12/h1-8,10,13-16,20-21H,9H2,(H,19,22)/t13-,14-,15-,16-/m1/s1. The molecule has 5 heteroatoms. The molecule has 0 saturated heterocycles. The Labute approximate surface area is 128 Å². The van der Waals surface area contributed by atoms with E-state index < -0.39 is 18.2 Å². The highest BCUT2D eigenvalue weighted by Crippen LogP contribution is 2.35. The molecule has 1 aromatic heterocycles. The summed E-state index contributed by atoms with van der Waals surface area (Å²) in [7, 11) is 0. The number of benzene rings is 1. The second-order valence-electron chi connectivity index (χ2n) is 5.55. The topological polar surface area (TPSA) is 82.5 Å². The minimum absolute atomic E-state index is 0.119. The number of amides is 1. The highest BCUT2D eigenvalue weighted by atomic mass is 16.3. The Hall–Kier alpha value is -2.24. The summed E-state index contributed by atoms with van der Waals surface area (Å²) in [6.07, 6.45) is 1.67. The van der Waals surface area contributed by atoms with Crippen LogP contribution in [0.5, 0.6) is 0 Å². The Kier molecular flexibility index (Phi) is 4.18. The number of pyridine rings is 1. The van der Waals surface area contributed by atoms with E-state index in [1.165, 1.54) is 6.20 Å². The minimum Gasteiger partial charge on any atom is -0.390 e.